The molecule has 0 aliphatic heterocycles. The van der Waals surface area contributed by atoms with Crippen molar-refractivity contribution in [1.29, 1.82) is 0 Å². The molecule has 0 fully saturated rings. The third-order valence-electron chi connectivity index (χ3n) is 3.25. The Morgan fingerprint density at radius 1 is 1.50 bits per heavy atom. The van der Waals surface area contributed by atoms with Crippen LogP contribution in [-0.4, -0.2) is 32.4 Å². The van der Waals surface area contributed by atoms with Gasteiger partial charge in [0.25, 0.3) is 0 Å². The number of nitrogens with zero attached hydrogens (tertiary/aromatic N) is 3. The average molecular weight is 307 g/mol. The lowest BCUT2D eigenvalue weighted by atomic mass is 9.96. The standard InChI is InChI=1S/C14H18FN5O2/c1-9-17-12(19-20(9)3)18-13(21)16-8-14(2,22)10-5-4-6-11(15)7-10/h4-7,22H,8H2,1-3H3,(H2,16,18,19,21). The van der Waals surface area contributed by atoms with Gasteiger partial charge in [-0.05, 0) is 31.5 Å². The summed E-state index contributed by atoms with van der Waals surface area (Å²) in [5.74, 6) is 0.375. The number of aryl methyl sites for hydroxylation is 2. The first-order valence-corrected chi connectivity index (χ1v) is 6.69. The van der Waals surface area contributed by atoms with Crippen molar-refractivity contribution in [2.75, 3.05) is 11.9 Å². The largest absolute Gasteiger partial charge is 0.384 e. The van der Waals surface area contributed by atoms with E-state index in [9.17, 15) is 14.3 Å². The Kier molecular flexibility index (Phi) is 4.41. The van der Waals surface area contributed by atoms with Gasteiger partial charge in [-0.2, -0.15) is 4.98 Å². The second-order valence-corrected chi connectivity index (χ2v) is 5.20. The van der Waals surface area contributed by atoms with Crippen LogP contribution < -0.4 is 10.6 Å². The van der Waals surface area contributed by atoms with Crippen LogP contribution in [0.5, 0.6) is 0 Å². The van der Waals surface area contributed by atoms with Gasteiger partial charge in [0.05, 0.1) is 6.54 Å². The first-order chi connectivity index (χ1) is 10.3. The Balaban J connectivity index is 1.95. The fourth-order valence-corrected chi connectivity index (χ4v) is 1.84. The molecule has 0 saturated carbocycles. The van der Waals surface area contributed by atoms with Gasteiger partial charge in [-0.1, -0.05) is 12.1 Å². The number of halogens is 1. The number of hydrogen-bond donors (Lipinski definition) is 3. The molecular weight excluding hydrogens is 289 g/mol. The van der Waals surface area contributed by atoms with E-state index >= 15 is 0 Å². The van der Waals surface area contributed by atoms with E-state index in [1.54, 1.807) is 20.0 Å². The van der Waals surface area contributed by atoms with E-state index in [1.807, 2.05) is 0 Å². The molecule has 3 N–H and O–H groups in total. The van der Waals surface area contributed by atoms with Crippen LogP contribution >= 0.6 is 0 Å². The lowest BCUT2D eigenvalue weighted by molar-refractivity contribution is 0.0596. The summed E-state index contributed by atoms with van der Waals surface area (Å²) in [4.78, 5) is 15.8. The highest BCUT2D eigenvalue weighted by atomic mass is 19.1. The number of carbonyl (C=O) groups is 1. The van der Waals surface area contributed by atoms with Gasteiger partial charge in [-0.15, -0.1) is 5.10 Å². The fourth-order valence-electron chi connectivity index (χ4n) is 1.84. The van der Waals surface area contributed by atoms with Crippen molar-refractivity contribution in [3.8, 4) is 0 Å². The van der Waals surface area contributed by atoms with Gasteiger partial charge < -0.3 is 10.4 Å². The predicted molar refractivity (Wildman–Crippen MR) is 78.7 cm³/mol. The summed E-state index contributed by atoms with van der Waals surface area (Å²) < 4.78 is 14.7. The van der Waals surface area contributed by atoms with Crippen LogP contribution in [0, 0.1) is 12.7 Å². The first kappa shape index (κ1) is 15.9. The summed E-state index contributed by atoms with van der Waals surface area (Å²) in [6.07, 6.45) is 0. The third-order valence-corrected chi connectivity index (χ3v) is 3.25. The Hall–Kier alpha value is -2.48. The van der Waals surface area contributed by atoms with E-state index in [1.165, 1.54) is 29.8 Å². The van der Waals surface area contributed by atoms with Crippen LogP contribution in [0.15, 0.2) is 24.3 Å². The average Bonchev–Trinajstić information content (AvgIpc) is 2.75. The van der Waals surface area contributed by atoms with E-state index in [0.717, 1.165) is 0 Å². The van der Waals surface area contributed by atoms with Crippen LogP contribution in [-0.2, 0) is 12.6 Å². The minimum atomic E-state index is -1.40. The molecule has 118 valence electrons. The molecule has 2 rings (SSSR count). The van der Waals surface area contributed by atoms with Crippen molar-refractivity contribution in [2.45, 2.75) is 19.4 Å². The number of hydrogen-bond acceptors (Lipinski definition) is 4. The summed E-state index contributed by atoms with van der Waals surface area (Å²) in [5, 5.41) is 19.3. The Morgan fingerprint density at radius 2 is 2.23 bits per heavy atom. The second kappa shape index (κ2) is 6.10. The molecule has 0 aliphatic carbocycles. The zero-order chi connectivity index (χ0) is 16.3. The SMILES string of the molecule is Cc1nc(NC(=O)NCC(C)(O)c2cccc(F)c2)nn1C. The normalized spacial score (nSPS) is 13.5. The Labute approximate surface area is 127 Å². The second-order valence-electron chi connectivity index (χ2n) is 5.20. The zero-order valence-electron chi connectivity index (χ0n) is 12.6. The van der Waals surface area contributed by atoms with Crippen LogP contribution in [0.3, 0.4) is 0 Å². The zero-order valence-corrected chi connectivity index (χ0v) is 12.6. The number of amides is 2. The molecule has 0 saturated heterocycles. The molecule has 0 bridgehead atoms. The van der Waals surface area contributed by atoms with Crippen molar-refractivity contribution in [3.63, 3.8) is 0 Å². The van der Waals surface area contributed by atoms with Crippen LogP contribution in [0.4, 0.5) is 15.1 Å². The maximum atomic E-state index is 13.2. The molecule has 1 aromatic heterocycles. The summed E-state index contributed by atoms with van der Waals surface area (Å²) >= 11 is 0. The predicted octanol–water partition coefficient (Wildman–Crippen LogP) is 1.29. The minimum Gasteiger partial charge on any atom is -0.384 e. The lowest BCUT2D eigenvalue weighted by Crippen LogP contribution is -2.40. The van der Waals surface area contributed by atoms with Crippen molar-refractivity contribution < 1.29 is 14.3 Å². The summed E-state index contributed by atoms with van der Waals surface area (Å²) in [7, 11) is 1.71. The molecule has 0 radical (unpaired) electrons. The fraction of sp³-hybridized carbons (Fsp3) is 0.357. The molecule has 0 spiro atoms. The number of aliphatic hydroxyl groups is 1. The number of urea groups is 1. The maximum Gasteiger partial charge on any atom is 0.321 e. The van der Waals surface area contributed by atoms with Gasteiger partial charge >= 0.3 is 6.03 Å². The van der Waals surface area contributed by atoms with Crippen molar-refractivity contribution in [1.82, 2.24) is 20.1 Å². The van der Waals surface area contributed by atoms with Gasteiger partial charge in [0.1, 0.15) is 17.2 Å². The number of aromatic nitrogens is 3. The van der Waals surface area contributed by atoms with Gasteiger partial charge in [0.2, 0.25) is 5.95 Å². The highest BCUT2D eigenvalue weighted by Crippen LogP contribution is 2.20. The minimum absolute atomic E-state index is 0.0892. The first-order valence-electron chi connectivity index (χ1n) is 6.69. The van der Waals surface area contributed by atoms with Gasteiger partial charge in [0.15, 0.2) is 0 Å². The molecular formula is C14H18FN5O2. The monoisotopic (exact) mass is 307 g/mol. The number of anilines is 1. The number of rotatable bonds is 4. The lowest BCUT2D eigenvalue weighted by Gasteiger charge is -2.24. The van der Waals surface area contributed by atoms with Crippen molar-refractivity contribution in [3.05, 3.63) is 41.5 Å². The third kappa shape index (κ3) is 3.79. The van der Waals surface area contributed by atoms with Gasteiger partial charge in [0, 0.05) is 7.05 Å². The summed E-state index contributed by atoms with van der Waals surface area (Å²) in [6.45, 7) is 3.16. The van der Waals surface area contributed by atoms with Crippen molar-refractivity contribution in [2.24, 2.45) is 7.05 Å². The molecule has 8 heteroatoms. The molecule has 1 atom stereocenters. The molecule has 2 aromatic rings. The van der Waals surface area contributed by atoms with Crippen LogP contribution in [0.2, 0.25) is 0 Å². The summed E-state index contributed by atoms with van der Waals surface area (Å²) in [5.41, 5.74) is -1.02. The Bertz CT molecular complexity index is 664. The van der Waals surface area contributed by atoms with Crippen molar-refractivity contribution >= 4 is 12.0 Å². The maximum absolute atomic E-state index is 13.2. The molecule has 22 heavy (non-hydrogen) atoms. The highest BCUT2D eigenvalue weighted by molar-refractivity contribution is 5.87. The van der Waals surface area contributed by atoms with Gasteiger partial charge in [-0.25, -0.2) is 9.18 Å². The number of carbonyl (C=O) groups excluding carboxylic acids is 1. The molecule has 0 aliphatic rings. The number of nitrogens with one attached hydrogen (secondary N) is 2. The van der Waals surface area contributed by atoms with Crippen LogP contribution in [0.25, 0.3) is 0 Å². The Morgan fingerprint density at radius 3 is 2.82 bits per heavy atom. The topological polar surface area (TPSA) is 92.1 Å². The molecule has 1 aromatic carbocycles. The molecule has 2 amide bonds. The molecule has 1 heterocycles. The quantitative estimate of drug-likeness (QED) is 0.793. The smallest absolute Gasteiger partial charge is 0.321 e. The van der Waals surface area contributed by atoms with E-state index in [-0.39, 0.29) is 12.5 Å². The molecule has 1 unspecified atom stereocenters. The van der Waals surface area contributed by atoms with Gasteiger partial charge in [-0.3, -0.25) is 10.00 Å². The molecule has 7 nitrogen and oxygen atoms in total. The summed E-state index contributed by atoms with van der Waals surface area (Å²) in [6, 6.07) is 5.05. The van der Waals surface area contributed by atoms with E-state index in [0.29, 0.717) is 11.4 Å². The highest BCUT2D eigenvalue weighted by Gasteiger charge is 2.24. The van der Waals surface area contributed by atoms with E-state index in [2.05, 4.69) is 20.7 Å². The van der Waals surface area contributed by atoms with E-state index < -0.39 is 17.4 Å². The van der Waals surface area contributed by atoms with Crippen LogP contribution in [0.1, 0.15) is 18.3 Å². The van der Waals surface area contributed by atoms with E-state index in [4.69, 9.17) is 0 Å². The number of benzene rings is 1.